The summed E-state index contributed by atoms with van der Waals surface area (Å²) in [5.74, 6) is 0.984. The Hall–Kier alpha value is -2.21. The molecule has 2 saturated carbocycles. The van der Waals surface area contributed by atoms with Crippen molar-refractivity contribution in [2.75, 3.05) is 7.11 Å². The Balaban J connectivity index is 1.34. The van der Waals surface area contributed by atoms with E-state index in [0.29, 0.717) is 18.6 Å². The maximum absolute atomic E-state index is 12.5. The summed E-state index contributed by atoms with van der Waals surface area (Å²) in [7, 11) is 1.64. The average molecular weight is 385 g/mol. The predicted molar refractivity (Wildman–Crippen MR) is 102 cm³/mol. The van der Waals surface area contributed by atoms with Crippen LogP contribution in [-0.4, -0.2) is 23.8 Å². The monoisotopic (exact) mass is 385 g/mol. The Morgan fingerprint density at radius 2 is 1.89 bits per heavy atom. The zero-order valence-corrected chi connectivity index (χ0v) is 16.2. The summed E-state index contributed by atoms with van der Waals surface area (Å²) in [6, 6.07) is 7.73. The van der Waals surface area contributed by atoms with Crippen molar-refractivity contribution in [1.82, 2.24) is 4.98 Å². The van der Waals surface area contributed by atoms with Gasteiger partial charge >= 0.3 is 5.97 Å². The van der Waals surface area contributed by atoms with Crippen molar-refractivity contribution in [3.63, 3.8) is 0 Å². The number of thiazole rings is 1. The second-order valence-electron chi connectivity index (χ2n) is 7.38. The molecule has 2 aliphatic carbocycles. The highest BCUT2D eigenvalue weighted by molar-refractivity contribution is 7.13. The van der Waals surface area contributed by atoms with Gasteiger partial charge in [0.2, 0.25) is 0 Å². The first-order chi connectivity index (χ1) is 13.1. The fourth-order valence-electron chi connectivity index (χ4n) is 4.17. The summed E-state index contributed by atoms with van der Waals surface area (Å²) in [4.78, 5) is 29.2. The van der Waals surface area contributed by atoms with Crippen molar-refractivity contribution >= 4 is 23.1 Å². The van der Waals surface area contributed by atoms with E-state index in [1.807, 2.05) is 29.6 Å². The van der Waals surface area contributed by atoms with Gasteiger partial charge in [-0.15, -0.1) is 11.3 Å². The number of nitrogens with zero attached hydrogens (tertiary/aromatic N) is 1. The molecule has 27 heavy (non-hydrogen) atoms. The molecule has 0 saturated heterocycles. The Kier molecular flexibility index (Phi) is 5.25. The van der Waals surface area contributed by atoms with Gasteiger partial charge in [-0.05, 0) is 49.9 Å². The minimum atomic E-state index is -0.182. The van der Waals surface area contributed by atoms with Gasteiger partial charge in [-0.25, -0.2) is 4.98 Å². The minimum Gasteiger partial charge on any atom is -0.497 e. The van der Waals surface area contributed by atoms with Crippen LogP contribution in [0.4, 0.5) is 0 Å². The van der Waals surface area contributed by atoms with Gasteiger partial charge in [0.05, 0.1) is 18.7 Å². The predicted octanol–water partition coefficient (Wildman–Crippen LogP) is 4.26. The van der Waals surface area contributed by atoms with Crippen LogP contribution in [0.5, 0.6) is 5.75 Å². The Labute approximate surface area is 162 Å². The number of esters is 1. The van der Waals surface area contributed by atoms with E-state index in [1.54, 1.807) is 7.11 Å². The van der Waals surface area contributed by atoms with Crippen molar-refractivity contribution in [1.29, 1.82) is 0 Å². The molecule has 0 aliphatic heterocycles. The zero-order valence-electron chi connectivity index (χ0n) is 15.3. The molecular formula is C21H23NO4S. The SMILES string of the molecule is COc1ccc(-c2nc(COC(=O)C3C[C@H]4CCC[C@@H](C3)C4=O)cs2)cc1. The van der Waals surface area contributed by atoms with E-state index in [2.05, 4.69) is 4.98 Å². The summed E-state index contributed by atoms with van der Waals surface area (Å²) >= 11 is 1.53. The molecule has 1 heterocycles. The van der Waals surface area contributed by atoms with Crippen LogP contribution < -0.4 is 4.74 Å². The normalized spacial score (nSPS) is 24.5. The number of fused-ring (bicyclic) bond motifs is 2. The number of benzene rings is 1. The van der Waals surface area contributed by atoms with Crippen molar-refractivity contribution < 1.29 is 19.1 Å². The summed E-state index contributed by atoms with van der Waals surface area (Å²) in [5, 5.41) is 2.81. The van der Waals surface area contributed by atoms with Crippen LogP contribution in [0, 0.1) is 17.8 Å². The Bertz CT molecular complexity index is 813. The van der Waals surface area contributed by atoms with Gasteiger partial charge in [-0.2, -0.15) is 0 Å². The molecule has 2 fully saturated rings. The number of carbonyl (C=O) groups is 2. The molecule has 1 unspecified atom stereocenters. The Morgan fingerprint density at radius 1 is 1.19 bits per heavy atom. The number of hydrogen-bond acceptors (Lipinski definition) is 6. The van der Waals surface area contributed by atoms with Crippen LogP contribution in [0.25, 0.3) is 10.6 Å². The smallest absolute Gasteiger partial charge is 0.309 e. The number of ether oxygens (including phenoxy) is 2. The van der Waals surface area contributed by atoms with Gasteiger partial charge in [-0.1, -0.05) is 6.42 Å². The highest BCUT2D eigenvalue weighted by atomic mass is 32.1. The molecular weight excluding hydrogens is 362 g/mol. The van der Waals surface area contributed by atoms with E-state index in [1.165, 1.54) is 11.3 Å². The van der Waals surface area contributed by atoms with Crippen LogP contribution in [0.15, 0.2) is 29.6 Å². The number of ketones is 1. The topological polar surface area (TPSA) is 65.5 Å². The van der Waals surface area contributed by atoms with Gasteiger partial charge < -0.3 is 9.47 Å². The summed E-state index contributed by atoms with van der Waals surface area (Å²) in [5.41, 5.74) is 1.77. The third-order valence-electron chi connectivity index (χ3n) is 5.63. The molecule has 142 valence electrons. The second-order valence-corrected chi connectivity index (χ2v) is 8.23. The van der Waals surface area contributed by atoms with E-state index >= 15 is 0 Å². The molecule has 3 atom stereocenters. The van der Waals surface area contributed by atoms with Gasteiger partial charge in [0.1, 0.15) is 23.1 Å². The quantitative estimate of drug-likeness (QED) is 0.720. The lowest BCUT2D eigenvalue weighted by Gasteiger charge is -2.36. The zero-order chi connectivity index (χ0) is 18.8. The van der Waals surface area contributed by atoms with Crippen LogP contribution in [-0.2, 0) is 20.9 Å². The van der Waals surface area contributed by atoms with E-state index < -0.39 is 0 Å². The summed E-state index contributed by atoms with van der Waals surface area (Å²) in [6.45, 7) is 0.186. The lowest BCUT2D eigenvalue weighted by molar-refractivity contribution is -0.154. The molecule has 0 N–H and O–H groups in total. The van der Waals surface area contributed by atoms with Crippen molar-refractivity contribution in [2.24, 2.45) is 17.8 Å². The second kappa shape index (κ2) is 7.80. The molecule has 2 aromatic rings. The maximum Gasteiger partial charge on any atom is 0.309 e. The maximum atomic E-state index is 12.5. The van der Waals surface area contributed by atoms with Crippen LogP contribution in [0.2, 0.25) is 0 Å². The largest absolute Gasteiger partial charge is 0.497 e. The molecule has 1 aromatic carbocycles. The van der Waals surface area contributed by atoms with Crippen molar-refractivity contribution in [3.8, 4) is 16.3 Å². The molecule has 0 radical (unpaired) electrons. The van der Waals surface area contributed by atoms with E-state index in [-0.39, 0.29) is 30.3 Å². The first-order valence-electron chi connectivity index (χ1n) is 9.43. The van der Waals surface area contributed by atoms with Gasteiger partial charge in [0.25, 0.3) is 0 Å². The fourth-order valence-corrected chi connectivity index (χ4v) is 4.98. The van der Waals surface area contributed by atoms with Crippen molar-refractivity contribution in [2.45, 2.75) is 38.7 Å². The fraction of sp³-hybridized carbons (Fsp3) is 0.476. The molecule has 2 bridgehead atoms. The van der Waals surface area contributed by atoms with Gasteiger partial charge in [0, 0.05) is 22.8 Å². The number of carbonyl (C=O) groups excluding carboxylic acids is 2. The first kappa shape index (κ1) is 18.2. The summed E-state index contributed by atoms with van der Waals surface area (Å²) in [6.07, 6.45) is 4.27. The van der Waals surface area contributed by atoms with E-state index in [0.717, 1.165) is 41.3 Å². The highest BCUT2D eigenvalue weighted by Crippen LogP contribution is 2.40. The Morgan fingerprint density at radius 3 is 2.56 bits per heavy atom. The van der Waals surface area contributed by atoms with E-state index in [9.17, 15) is 9.59 Å². The van der Waals surface area contributed by atoms with Gasteiger partial charge in [-0.3, -0.25) is 9.59 Å². The molecule has 1 aromatic heterocycles. The van der Waals surface area contributed by atoms with Gasteiger partial charge in [0.15, 0.2) is 0 Å². The number of Topliss-reactive ketones (excluding diaryl/α,β-unsaturated/α-hetero) is 1. The molecule has 2 aliphatic rings. The lowest BCUT2D eigenvalue weighted by Crippen LogP contribution is -2.39. The average Bonchev–Trinajstić information content (AvgIpc) is 3.15. The number of rotatable bonds is 5. The number of hydrogen-bond donors (Lipinski definition) is 0. The minimum absolute atomic E-state index is 0.0657. The molecule has 0 spiro atoms. The highest BCUT2D eigenvalue weighted by Gasteiger charge is 2.41. The van der Waals surface area contributed by atoms with Crippen LogP contribution >= 0.6 is 11.3 Å². The standard InChI is InChI=1S/C21H23NO4S/c1-25-18-7-5-13(6-8-18)20-22-17(12-27-20)11-26-21(24)16-9-14-3-2-4-15(10-16)19(14)23/h5-8,12,14-16H,2-4,9-11H2,1H3/t14-,15+,16?. The van der Waals surface area contributed by atoms with Crippen LogP contribution in [0.3, 0.4) is 0 Å². The number of aromatic nitrogens is 1. The first-order valence-corrected chi connectivity index (χ1v) is 10.3. The third kappa shape index (κ3) is 3.90. The molecule has 4 rings (SSSR count). The van der Waals surface area contributed by atoms with Crippen molar-refractivity contribution in [3.05, 3.63) is 35.3 Å². The van der Waals surface area contributed by atoms with Crippen LogP contribution in [0.1, 0.15) is 37.8 Å². The number of methoxy groups -OCH3 is 1. The third-order valence-corrected chi connectivity index (χ3v) is 6.57. The lowest BCUT2D eigenvalue weighted by atomic mass is 9.67. The summed E-state index contributed by atoms with van der Waals surface area (Å²) < 4.78 is 10.7. The molecule has 6 heteroatoms. The molecule has 5 nitrogen and oxygen atoms in total. The van der Waals surface area contributed by atoms with E-state index in [4.69, 9.17) is 9.47 Å². The molecule has 0 amide bonds.